The maximum atomic E-state index is 11.3. The quantitative estimate of drug-likeness (QED) is 0.686. The van der Waals surface area contributed by atoms with Gasteiger partial charge in [0.05, 0.1) is 18.6 Å². The van der Waals surface area contributed by atoms with Crippen molar-refractivity contribution in [3.05, 3.63) is 22.9 Å². The fourth-order valence-corrected chi connectivity index (χ4v) is 1.46. The summed E-state index contributed by atoms with van der Waals surface area (Å²) in [7, 11) is 0. The Kier molecular flexibility index (Phi) is 1.15. The van der Waals surface area contributed by atoms with Crippen LogP contribution in [0.4, 0.5) is 0 Å². The van der Waals surface area contributed by atoms with E-state index in [4.69, 9.17) is 0 Å². The molecule has 2 aromatic heterocycles. The van der Waals surface area contributed by atoms with Crippen molar-refractivity contribution in [2.24, 2.45) is 0 Å². The van der Waals surface area contributed by atoms with Gasteiger partial charge in [0.15, 0.2) is 5.65 Å². The van der Waals surface area contributed by atoms with Crippen LogP contribution in [0.25, 0.3) is 11.0 Å². The maximum absolute atomic E-state index is 11.3. The SMILES string of the molecule is O=c1[nH]cnc2c1cnn2C1CC1. The number of aromatic nitrogens is 4. The van der Waals surface area contributed by atoms with E-state index in [0.717, 1.165) is 12.8 Å². The van der Waals surface area contributed by atoms with Crippen LogP contribution >= 0.6 is 0 Å². The fraction of sp³-hybridized carbons (Fsp3) is 0.375. The van der Waals surface area contributed by atoms with Crippen molar-refractivity contribution in [3.63, 3.8) is 0 Å². The van der Waals surface area contributed by atoms with Crippen molar-refractivity contribution in [1.82, 2.24) is 19.7 Å². The molecule has 0 atom stereocenters. The summed E-state index contributed by atoms with van der Waals surface area (Å²) in [6, 6.07) is 0.465. The average molecular weight is 176 g/mol. The molecule has 5 heteroatoms. The van der Waals surface area contributed by atoms with Gasteiger partial charge in [0.1, 0.15) is 5.39 Å². The van der Waals surface area contributed by atoms with Crippen LogP contribution in [0.5, 0.6) is 0 Å². The maximum Gasteiger partial charge on any atom is 0.261 e. The molecule has 0 aliphatic heterocycles. The van der Waals surface area contributed by atoms with Crippen molar-refractivity contribution in [1.29, 1.82) is 0 Å². The monoisotopic (exact) mass is 176 g/mol. The van der Waals surface area contributed by atoms with E-state index in [1.807, 2.05) is 4.68 Å². The van der Waals surface area contributed by atoms with Crippen LogP contribution in [0.2, 0.25) is 0 Å². The zero-order chi connectivity index (χ0) is 8.84. The summed E-state index contributed by atoms with van der Waals surface area (Å²) >= 11 is 0. The average Bonchev–Trinajstić information content (AvgIpc) is 2.87. The zero-order valence-corrected chi connectivity index (χ0v) is 6.90. The Labute approximate surface area is 73.4 Å². The third kappa shape index (κ3) is 0.898. The molecule has 1 aliphatic rings. The van der Waals surface area contributed by atoms with Gasteiger partial charge in [0.2, 0.25) is 0 Å². The van der Waals surface area contributed by atoms with Gasteiger partial charge in [-0.15, -0.1) is 0 Å². The smallest absolute Gasteiger partial charge is 0.261 e. The van der Waals surface area contributed by atoms with Crippen molar-refractivity contribution < 1.29 is 0 Å². The van der Waals surface area contributed by atoms with E-state index in [9.17, 15) is 4.79 Å². The second-order valence-corrected chi connectivity index (χ2v) is 3.29. The van der Waals surface area contributed by atoms with Gasteiger partial charge in [0.25, 0.3) is 5.56 Å². The molecule has 13 heavy (non-hydrogen) atoms. The molecule has 1 fully saturated rings. The second-order valence-electron chi connectivity index (χ2n) is 3.29. The topological polar surface area (TPSA) is 63.6 Å². The highest BCUT2D eigenvalue weighted by molar-refractivity contribution is 5.72. The first-order chi connectivity index (χ1) is 6.36. The lowest BCUT2D eigenvalue weighted by molar-refractivity contribution is 0.658. The van der Waals surface area contributed by atoms with Crippen molar-refractivity contribution >= 4 is 11.0 Å². The summed E-state index contributed by atoms with van der Waals surface area (Å²) < 4.78 is 1.84. The first kappa shape index (κ1) is 6.82. The van der Waals surface area contributed by atoms with Crippen LogP contribution in [0.3, 0.4) is 0 Å². The molecule has 1 N–H and O–H groups in total. The molecule has 0 spiro atoms. The lowest BCUT2D eigenvalue weighted by Crippen LogP contribution is -2.06. The number of hydrogen-bond donors (Lipinski definition) is 1. The highest BCUT2D eigenvalue weighted by Gasteiger charge is 2.26. The lowest BCUT2D eigenvalue weighted by atomic mass is 10.4. The first-order valence-electron chi connectivity index (χ1n) is 4.27. The number of fused-ring (bicyclic) bond motifs is 1. The number of nitrogens with one attached hydrogen (secondary N) is 1. The van der Waals surface area contributed by atoms with E-state index in [-0.39, 0.29) is 5.56 Å². The Bertz CT molecular complexity index is 508. The molecule has 3 rings (SSSR count). The predicted molar refractivity (Wildman–Crippen MR) is 46.4 cm³/mol. The molecule has 2 aromatic rings. The molecule has 1 saturated carbocycles. The number of aromatic amines is 1. The Morgan fingerprint density at radius 1 is 1.54 bits per heavy atom. The van der Waals surface area contributed by atoms with E-state index < -0.39 is 0 Å². The van der Waals surface area contributed by atoms with Crippen LogP contribution in [-0.2, 0) is 0 Å². The van der Waals surface area contributed by atoms with E-state index >= 15 is 0 Å². The molecular formula is C8H8N4O. The molecular weight excluding hydrogens is 168 g/mol. The number of nitrogens with zero attached hydrogens (tertiary/aromatic N) is 3. The molecule has 2 heterocycles. The third-order valence-corrected chi connectivity index (χ3v) is 2.29. The number of hydrogen-bond acceptors (Lipinski definition) is 3. The minimum Gasteiger partial charge on any atom is -0.312 e. The van der Waals surface area contributed by atoms with E-state index in [2.05, 4.69) is 15.1 Å². The minimum absolute atomic E-state index is 0.114. The van der Waals surface area contributed by atoms with Crippen molar-refractivity contribution in [2.75, 3.05) is 0 Å². The molecule has 66 valence electrons. The molecule has 0 saturated heterocycles. The van der Waals surface area contributed by atoms with Crippen LogP contribution in [0.15, 0.2) is 17.3 Å². The predicted octanol–water partition coefficient (Wildman–Crippen LogP) is 0.454. The standard InChI is InChI=1S/C8H8N4O/c13-8-6-3-11-12(5-1-2-5)7(6)9-4-10-8/h3-5H,1-2H2,(H,9,10,13). The summed E-state index contributed by atoms with van der Waals surface area (Å²) in [5, 5.41) is 4.73. The van der Waals surface area contributed by atoms with Gasteiger partial charge in [-0.3, -0.25) is 4.79 Å². The highest BCUT2D eigenvalue weighted by Crippen LogP contribution is 2.35. The van der Waals surface area contributed by atoms with Crippen LogP contribution < -0.4 is 5.56 Å². The van der Waals surface area contributed by atoms with E-state index in [1.165, 1.54) is 6.33 Å². The first-order valence-corrected chi connectivity index (χ1v) is 4.27. The number of rotatable bonds is 1. The molecule has 0 radical (unpaired) electrons. The molecule has 0 aromatic carbocycles. The van der Waals surface area contributed by atoms with Crippen LogP contribution in [-0.4, -0.2) is 19.7 Å². The fourth-order valence-electron chi connectivity index (χ4n) is 1.46. The lowest BCUT2D eigenvalue weighted by Gasteiger charge is -1.96. The summed E-state index contributed by atoms with van der Waals surface area (Å²) in [5.41, 5.74) is 0.586. The largest absolute Gasteiger partial charge is 0.312 e. The van der Waals surface area contributed by atoms with Gasteiger partial charge in [-0.1, -0.05) is 0 Å². The summed E-state index contributed by atoms with van der Waals surface area (Å²) in [6.45, 7) is 0. The summed E-state index contributed by atoms with van der Waals surface area (Å²) in [5.74, 6) is 0. The summed E-state index contributed by atoms with van der Waals surface area (Å²) in [6.07, 6.45) is 5.29. The van der Waals surface area contributed by atoms with Gasteiger partial charge in [0, 0.05) is 0 Å². The molecule has 0 amide bonds. The molecule has 0 unspecified atom stereocenters. The minimum atomic E-state index is -0.114. The van der Waals surface area contributed by atoms with Gasteiger partial charge in [-0.05, 0) is 12.8 Å². The Hall–Kier alpha value is -1.65. The van der Waals surface area contributed by atoms with E-state index in [0.29, 0.717) is 17.1 Å². The van der Waals surface area contributed by atoms with Crippen molar-refractivity contribution in [2.45, 2.75) is 18.9 Å². The number of H-pyrrole nitrogens is 1. The van der Waals surface area contributed by atoms with Gasteiger partial charge in [-0.25, -0.2) is 9.67 Å². The van der Waals surface area contributed by atoms with Gasteiger partial charge < -0.3 is 4.98 Å². The zero-order valence-electron chi connectivity index (χ0n) is 6.90. The second kappa shape index (κ2) is 2.18. The van der Waals surface area contributed by atoms with Gasteiger partial charge in [-0.2, -0.15) is 5.10 Å². The Balaban J connectivity index is 2.38. The highest BCUT2D eigenvalue weighted by atomic mass is 16.1. The third-order valence-electron chi connectivity index (χ3n) is 2.29. The Morgan fingerprint density at radius 2 is 2.38 bits per heavy atom. The van der Waals surface area contributed by atoms with Gasteiger partial charge >= 0.3 is 0 Å². The molecule has 0 bridgehead atoms. The summed E-state index contributed by atoms with van der Waals surface area (Å²) in [4.78, 5) is 17.9. The normalized spacial score (nSPS) is 16.6. The molecule has 1 aliphatic carbocycles. The Morgan fingerprint density at radius 3 is 3.15 bits per heavy atom. The van der Waals surface area contributed by atoms with E-state index in [1.54, 1.807) is 6.20 Å². The molecule has 5 nitrogen and oxygen atoms in total. The van der Waals surface area contributed by atoms with Crippen LogP contribution in [0, 0.1) is 0 Å². The van der Waals surface area contributed by atoms with Crippen molar-refractivity contribution in [3.8, 4) is 0 Å². The van der Waals surface area contributed by atoms with Crippen LogP contribution in [0.1, 0.15) is 18.9 Å².